The van der Waals surface area contributed by atoms with Crippen molar-refractivity contribution in [2.24, 2.45) is 13.0 Å². The van der Waals surface area contributed by atoms with Crippen molar-refractivity contribution in [2.45, 2.75) is 45.3 Å². The second-order valence-corrected chi connectivity index (χ2v) is 5.18. The van der Waals surface area contributed by atoms with Gasteiger partial charge >= 0.3 is 5.69 Å². The fraction of sp³-hybridized carbons (Fsp3) is 0.692. The number of nitrogens with zero attached hydrogens (tertiary/aromatic N) is 2. The molecule has 18 heavy (non-hydrogen) atoms. The van der Waals surface area contributed by atoms with E-state index in [2.05, 4.69) is 0 Å². The summed E-state index contributed by atoms with van der Waals surface area (Å²) in [5, 5.41) is 0. The molecular formula is C13H19FN2O2. The molecule has 0 spiro atoms. The Kier molecular flexibility index (Phi) is 3.41. The molecule has 3 atom stereocenters. The lowest BCUT2D eigenvalue weighted by atomic mass is 10.0. The molecule has 1 aliphatic carbocycles. The molecule has 100 valence electrons. The van der Waals surface area contributed by atoms with Crippen molar-refractivity contribution >= 4 is 0 Å². The molecule has 4 nitrogen and oxygen atoms in total. The van der Waals surface area contributed by atoms with E-state index in [0.29, 0.717) is 18.4 Å². The van der Waals surface area contributed by atoms with E-state index in [4.69, 9.17) is 0 Å². The molecule has 0 bridgehead atoms. The van der Waals surface area contributed by atoms with Gasteiger partial charge in [-0.25, -0.2) is 9.18 Å². The topological polar surface area (TPSA) is 44.0 Å². The van der Waals surface area contributed by atoms with Gasteiger partial charge in [-0.2, -0.15) is 0 Å². The summed E-state index contributed by atoms with van der Waals surface area (Å²) < 4.78 is 16.4. The summed E-state index contributed by atoms with van der Waals surface area (Å²) >= 11 is 0. The Balaban J connectivity index is 2.42. The maximum atomic E-state index is 13.8. The Labute approximate surface area is 105 Å². The van der Waals surface area contributed by atoms with E-state index in [1.54, 1.807) is 13.1 Å². The van der Waals surface area contributed by atoms with Gasteiger partial charge in [-0.15, -0.1) is 0 Å². The van der Waals surface area contributed by atoms with Crippen molar-refractivity contribution in [1.29, 1.82) is 0 Å². The fourth-order valence-corrected chi connectivity index (χ4v) is 2.80. The van der Waals surface area contributed by atoms with Crippen LogP contribution in [0.15, 0.2) is 15.8 Å². The van der Waals surface area contributed by atoms with Gasteiger partial charge in [0, 0.05) is 24.8 Å². The van der Waals surface area contributed by atoms with Crippen molar-refractivity contribution < 1.29 is 4.39 Å². The maximum absolute atomic E-state index is 13.8. The first-order valence-electron chi connectivity index (χ1n) is 6.38. The zero-order valence-corrected chi connectivity index (χ0v) is 11.0. The first-order valence-corrected chi connectivity index (χ1v) is 6.38. The third-order valence-electron chi connectivity index (χ3n) is 3.98. The van der Waals surface area contributed by atoms with E-state index in [0.717, 1.165) is 11.0 Å². The lowest BCUT2D eigenvalue weighted by molar-refractivity contribution is 0.257. The van der Waals surface area contributed by atoms with Crippen LogP contribution in [0.5, 0.6) is 0 Å². The van der Waals surface area contributed by atoms with Crippen molar-refractivity contribution in [3.8, 4) is 0 Å². The number of hydrogen-bond acceptors (Lipinski definition) is 2. The molecule has 1 saturated carbocycles. The maximum Gasteiger partial charge on any atom is 0.330 e. The highest BCUT2D eigenvalue weighted by atomic mass is 18.2. The third kappa shape index (κ3) is 2.02. The number of hydrogen-bond donors (Lipinski definition) is 0. The van der Waals surface area contributed by atoms with Gasteiger partial charge in [0.25, 0.3) is 5.56 Å². The smallest absolute Gasteiger partial charge is 0.297 e. The third-order valence-corrected chi connectivity index (χ3v) is 3.98. The quantitative estimate of drug-likeness (QED) is 0.802. The van der Waals surface area contributed by atoms with Crippen LogP contribution in [-0.4, -0.2) is 15.3 Å². The van der Waals surface area contributed by atoms with Gasteiger partial charge < -0.3 is 0 Å². The van der Waals surface area contributed by atoms with Crippen LogP contribution >= 0.6 is 0 Å². The molecule has 0 aliphatic heterocycles. The average molecular weight is 253 g/mol. The van der Waals surface area contributed by atoms with Gasteiger partial charge in [-0.1, -0.05) is 13.3 Å². The van der Waals surface area contributed by atoms with Crippen molar-refractivity contribution in [2.75, 3.05) is 0 Å². The molecule has 2 rings (SSSR count). The second-order valence-electron chi connectivity index (χ2n) is 5.18. The van der Waals surface area contributed by atoms with Crippen LogP contribution in [0.4, 0.5) is 4.39 Å². The zero-order chi connectivity index (χ0) is 13.4. The van der Waals surface area contributed by atoms with Crippen molar-refractivity contribution in [3.63, 3.8) is 0 Å². The molecule has 0 amide bonds. The average Bonchev–Trinajstić information content (AvgIpc) is 2.72. The minimum atomic E-state index is -0.843. The number of halogens is 1. The van der Waals surface area contributed by atoms with Crippen molar-refractivity contribution in [1.82, 2.24) is 9.13 Å². The first kappa shape index (κ1) is 13.1. The number of aromatic nitrogens is 2. The predicted molar refractivity (Wildman–Crippen MR) is 67.6 cm³/mol. The summed E-state index contributed by atoms with van der Waals surface area (Å²) in [6, 6.07) is -0.122. The van der Waals surface area contributed by atoms with Gasteiger partial charge in [-0.05, 0) is 25.7 Å². The van der Waals surface area contributed by atoms with Gasteiger partial charge in [0.1, 0.15) is 6.17 Å². The van der Waals surface area contributed by atoms with Crippen LogP contribution in [0.3, 0.4) is 0 Å². The summed E-state index contributed by atoms with van der Waals surface area (Å²) in [4.78, 5) is 23.7. The van der Waals surface area contributed by atoms with E-state index < -0.39 is 6.17 Å². The van der Waals surface area contributed by atoms with Crippen molar-refractivity contribution in [3.05, 3.63) is 32.6 Å². The summed E-state index contributed by atoms with van der Waals surface area (Å²) in [6.45, 7) is 3.64. The van der Waals surface area contributed by atoms with Gasteiger partial charge in [0.15, 0.2) is 0 Å². The summed E-state index contributed by atoms with van der Waals surface area (Å²) in [7, 11) is 1.47. The first-order chi connectivity index (χ1) is 8.45. The largest absolute Gasteiger partial charge is 0.330 e. The highest BCUT2D eigenvalue weighted by Gasteiger charge is 2.34. The summed E-state index contributed by atoms with van der Waals surface area (Å²) in [5.74, 6) is 0.0273. The van der Waals surface area contributed by atoms with Crippen LogP contribution < -0.4 is 11.2 Å². The molecule has 3 unspecified atom stereocenters. The molecular weight excluding hydrogens is 234 g/mol. The van der Waals surface area contributed by atoms with E-state index in [-0.39, 0.29) is 23.2 Å². The monoisotopic (exact) mass is 253 g/mol. The molecule has 1 aromatic heterocycles. The van der Waals surface area contributed by atoms with E-state index in [9.17, 15) is 14.0 Å². The van der Waals surface area contributed by atoms with E-state index in [1.165, 1.54) is 11.6 Å². The molecule has 5 heteroatoms. The van der Waals surface area contributed by atoms with Gasteiger partial charge in [0.2, 0.25) is 0 Å². The summed E-state index contributed by atoms with van der Waals surface area (Å²) in [5.41, 5.74) is -0.106. The van der Waals surface area contributed by atoms with E-state index in [1.807, 2.05) is 6.92 Å². The minimum absolute atomic E-state index is 0.0273. The molecule has 0 N–H and O–H groups in total. The normalized spacial score (nSPS) is 27.7. The molecule has 1 aromatic rings. The number of rotatable bonds is 2. The molecule has 0 saturated heterocycles. The molecule has 0 radical (unpaired) electrons. The molecule has 1 fully saturated rings. The molecule has 1 heterocycles. The Morgan fingerprint density at radius 3 is 2.61 bits per heavy atom. The van der Waals surface area contributed by atoms with Crippen LogP contribution in [-0.2, 0) is 7.05 Å². The highest BCUT2D eigenvalue weighted by Crippen LogP contribution is 2.37. The molecule has 0 aromatic carbocycles. The van der Waals surface area contributed by atoms with Crippen LogP contribution in [0.25, 0.3) is 0 Å². The van der Waals surface area contributed by atoms with Crippen LogP contribution in [0.2, 0.25) is 0 Å². The second kappa shape index (κ2) is 4.71. The SMILES string of the molecule is CCC1CC(n2cc(C)c(=O)n(C)c2=O)CC1[18F]. The van der Waals surface area contributed by atoms with Gasteiger partial charge in [-0.3, -0.25) is 13.9 Å². The standard InChI is InChI=1S/C13H19FN2O2/c1-4-9-5-10(6-11(9)14)16-7-8(2)12(17)15(3)13(16)18/h7,9-11H,4-6H2,1-3H3/i14-1. The summed E-state index contributed by atoms with van der Waals surface area (Å²) in [6.07, 6.45) is 2.56. The number of alkyl halides is 1. The van der Waals surface area contributed by atoms with E-state index >= 15 is 0 Å². The zero-order valence-electron chi connectivity index (χ0n) is 11.0. The lowest BCUT2D eigenvalue weighted by Gasteiger charge is -2.15. The Morgan fingerprint density at radius 2 is 2.06 bits per heavy atom. The predicted octanol–water partition coefficient (Wildman–Crippen LogP) is 1.55. The van der Waals surface area contributed by atoms with Crippen LogP contribution in [0, 0.1) is 12.8 Å². The molecule has 1 aliphatic rings. The highest BCUT2D eigenvalue weighted by molar-refractivity contribution is 5.04. The Bertz CT molecular complexity index is 561. The minimum Gasteiger partial charge on any atom is -0.297 e. The number of aryl methyl sites for hydroxylation is 1. The Hall–Kier alpha value is -1.39. The fourth-order valence-electron chi connectivity index (χ4n) is 2.80. The Morgan fingerprint density at radius 1 is 1.39 bits per heavy atom. The lowest BCUT2D eigenvalue weighted by Crippen LogP contribution is -2.40. The van der Waals surface area contributed by atoms with Gasteiger partial charge in [0.05, 0.1) is 0 Å². The van der Waals surface area contributed by atoms with Crippen LogP contribution in [0.1, 0.15) is 37.8 Å².